The van der Waals surface area contributed by atoms with E-state index in [9.17, 15) is 5.11 Å². The van der Waals surface area contributed by atoms with E-state index in [4.69, 9.17) is 11.1 Å². The maximum atomic E-state index is 9.37. The predicted octanol–water partition coefficient (Wildman–Crippen LogP) is 1.80. The van der Waals surface area contributed by atoms with Gasteiger partial charge in [-0.15, -0.1) is 0 Å². The summed E-state index contributed by atoms with van der Waals surface area (Å²) in [5.41, 5.74) is 6.79. The summed E-state index contributed by atoms with van der Waals surface area (Å²) < 4.78 is 0. The second-order valence-corrected chi connectivity index (χ2v) is 3.34. The quantitative estimate of drug-likeness (QED) is 0.477. The van der Waals surface area contributed by atoms with Gasteiger partial charge in [-0.1, -0.05) is 19.9 Å². The lowest BCUT2D eigenvalue weighted by Crippen LogP contribution is -2.11. The van der Waals surface area contributed by atoms with Crippen molar-refractivity contribution in [3.63, 3.8) is 0 Å². The fourth-order valence-electron chi connectivity index (χ4n) is 1.13. The lowest BCUT2D eigenvalue weighted by atomic mass is 10.00. The topological polar surface area (TPSA) is 70.1 Å². The van der Waals surface area contributed by atoms with Crippen molar-refractivity contribution in [3.8, 4) is 5.75 Å². The van der Waals surface area contributed by atoms with E-state index in [1.165, 1.54) is 0 Å². The molecular formula is C10H14N2O. The van der Waals surface area contributed by atoms with Gasteiger partial charge in [-0.3, -0.25) is 5.41 Å². The van der Waals surface area contributed by atoms with Crippen LogP contribution in [-0.2, 0) is 0 Å². The van der Waals surface area contributed by atoms with Crippen LogP contribution in [0.5, 0.6) is 5.75 Å². The smallest absolute Gasteiger partial charge is 0.126 e. The van der Waals surface area contributed by atoms with Crippen LogP contribution in [0.4, 0.5) is 0 Å². The lowest BCUT2D eigenvalue weighted by Gasteiger charge is -2.08. The Morgan fingerprint density at radius 1 is 1.46 bits per heavy atom. The van der Waals surface area contributed by atoms with Crippen LogP contribution < -0.4 is 5.73 Å². The predicted molar refractivity (Wildman–Crippen MR) is 53.2 cm³/mol. The van der Waals surface area contributed by atoms with Crippen LogP contribution in [0.25, 0.3) is 0 Å². The molecule has 0 amide bonds. The second kappa shape index (κ2) is 3.47. The molecule has 0 saturated carbocycles. The first-order valence-corrected chi connectivity index (χ1v) is 4.19. The zero-order chi connectivity index (χ0) is 10.0. The van der Waals surface area contributed by atoms with Gasteiger partial charge in [0.15, 0.2) is 0 Å². The van der Waals surface area contributed by atoms with E-state index in [0.717, 1.165) is 5.56 Å². The van der Waals surface area contributed by atoms with E-state index in [2.05, 4.69) is 13.8 Å². The van der Waals surface area contributed by atoms with Gasteiger partial charge in [-0.05, 0) is 23.6 Å². The molecule has 4 N–H and O–H groups in total. The maximum absolute atomic E-state index is 9.37. The van der Waals surface area contributed by atoms with Crippen LogP contribution in [0.15, 0.2) is 18.2 Å². The summed E-state index contributed by atoms with van der Waals surface area (Å²) in [6, 6.07) is 5.17. The number of aromatic hydroxyl groups is 1. The molecule has 3 nitrogen and oxygen atoms in total. The first-order chi connectivity index (χ1) is 6.02. The van der Waals surface area contributed by atoms with Gasteiger partial charge in [0.2, 0.25) is 0 Å². The molecule has 1 rings (SSSR count). The molecule has 0 fully saturated rings. The van der Waals surface area contributed by atoms with E-state index in [0.29, 0.717) is 11.5 Å². The molecule has 70 valence electrons. The Bertz CT molecular complexity index is 332. The molecule has 3 heteroatoms. The molecule has 1 aromatic carbocycles. The highest BCUT2D eigenvalue weighted by Crippen LogP contribution is 2.22. The van der Waals surface area contributed by atoms with Crippen LogP contribution in [0, 0.1) is 5.41 Å². The van der Waals surface area contributed by atoms with Crippen LogP contribution in [0.2, 0.25) is 0 Å². The zero-order valence-electron chi connectivity index (χ0n) is 7.83. The number of hydrogen-bond donors (Lipinski definition) is 3. The number of benzene rings is 1. The molecule has 0 bridgehead atoms. The normalized spacial score (nSPS) is 10.4. The summed E-state index contributed by atoms with van der Waals surface area (Å²) in [5, 5.41) is 16.6. The van der Waals surface area contributed by atoms with Gasteiger partial charge in [-0.25, -0.2) is 0 Å². The fourth-order valence-corrected chi connectivity index (χ4v) is 1.13. The van der Waals surface area contributed by atoms with Crippen molar-refractivity contribution in [2.45, 2.75) is 19.8 Å². The number of phenols is 1. The van der Waals surface area contributed by atoms with Crippen molar-refractivity contribution in [2.24, 2.45) is 5.73 Å². The highest BCUT2D eigenvalue weighted by atomic mass is 16.3. The number of nitrogens with two attached hydrogens (primary N) is 1. The van der Waals surface area contributed by atoms with Crippen LogP contribution in [-0.4, -0.2) is 10.9 Å². The van der Waals surface area contributed by atoms with Gasteiger partial charge < -0.3 is 10.8 Å². The molecule has 0 heterocycles. The number of phenolic OH excluding ortho intramolecular Hbond substituents is 1. The third-order valence-electron chi connectivity index (χ3n) is 1.98. The standard InChI is InChI=1S/C10H14N2O/c1-6(2)7-3-4-9(13)8(5-7)10(11)12/h3-6,13H,1-2H3,(H3,11,12). The first kappa shape index (κ1) is 9.58. The molecule has 0 aliphatic rings. The number of nitrogens with one attached hydrogen (secondary N) is 1. The summed E-state index contributed by atoms with van der Waals surface area (Å²) in [6.07, 6.45) is 0. The highest BCUT2D eigenvalue weighted by Gasteiger charge is 2.07. The Labute approximate surface area is 77.7 Å². The Morgan fingerprint density at radius 2 is 2.08 bits per heavy atom. The summed E-state index contributed by atoms with van der Waals surface area (Å²) in [4.78, 5) is 0. The second-order valence-electron chi connectivity index (χ2n) is 3.34. The molecule has 0 aromatic heterocycles. The van der Waals surface area contributed by atoms with Gasteiger partial charge >= 0.3 is 0 Å². The van der Waals surface area contributed by atoms with Gasteiger partial charge in [-0.2, -0.15) is 0 Å². The maximum Gasteiger partial charge on any atom is 0.126 e. The molecule has 1 aromatic rings. The molecule has 0 atom stereocenters. The molecule has 13 heavy (non-hydrogen) atoms. The van der Waals surface area contributed by atoms with Gasteiger partial charge in [0, 0.05) is 0 Å². The van der Waals surface area contributed by atoms with Crippen molar-refractivity contribution in [3.05, 3.63) is 29.3 Å². The van der Waals surface area contributed by atoms with E-state index in [1.54, 1.807) is 12.1 Å². The first-order valence-electron chi connectivity index (χ1n) is 4.19. The van der Waals surface area contributed by atoms with Crippen LogP contribution in [0.1, 0.15) is 30.9 Å². The van der Waals surface area contributed by atoms with E-state index in [-0.39, 0.29) is 11.6 Å². The minimum Gasteiger partial charge on any atom is -0.507 e. The van der Waals surface area contributed by atoms with Crippen LogP contribution >= 0.6 is 0 Å². The van der Waals surface area contributed by atoms with Crippen molar-refractivity contribution in [1.82, 2.24) is 0 Å². The summed E-state index contributed by atoms with van der Waals surface area (Å²) in [5.74, 6) is 0.343. The highest BCUT2D eigenvalue weighted by molar-refractivity contribution is 5.97. The monoisotopic (exact) mass is 178 g/mol. The van der Waals surface area contributed by atoms with Crippen molar-refractivity contribution in [1.29, 1.82) is 5.41 Å². The number of rotatable bonds is 2. The molecule has 0 aliphatic carbocycles. The average Bonchev–Trinajstić information content (AvgIpc) is 2.04. The summed E-state index contributed by atoms with van der Waals surface area (Å²) in [6.45, 7) is 4.10. The van der Waals surface area contributed by atoms with Gasteiger partial charge in [0.25, 0.3) is 0 Å². The number of nitrogen functional groups attached to an aromatic ring is 1. The minimum absolute atomic E-state index is 0.0666. The van der Waals surface area contributed by atoms with E-state index < -0.39 is 0 Å². The fraction of sp³-hybridized carbons (Fsp3) is 0.300. The molecular weight excluding hydrogens is 164 g/mol. The van der Waals surface area contributed by atoms with Crippen molar-refractivity contribution in [2.75, 3.05) is 0 Å². The minimum atomic E-state index is -0.0972. The van der Waals surface area contributed by atoms with Gasteiger partial charge in [0.1, 0.15) is 11.6 Å². The largest absolute Gasteiger partial charge is 0.507 e. The summed E-state index contributed by atoms with van der Waals surface area (Å²) in [7, 11) is 0. The third kappa shape index (κ3) is 1.99. The molecule has 0 aliphatic heterocycles. The number of amidine groups is 1. The van der Waals surface area contributed by atoms with Crippen molar-refractivity contribution < 1.29 is 5.11 Å². The molecule has 0 spiro atoms. The number of hydrogen-bond acceptors (Lipinski definition) is 2. The zero-order valence-corrected chi connectivity index (χ0v) is 7.83. The van der Waals surface area contributed by atoms with Gasteiger partial charge in [0.05, 0.1) is 5.56 Å². The average molecular weight is 178 g/mol. The lowest BCUT2D eigenvalue weighted by molar-refractivity contribution is 0.473. The van der Waals surface area contributed by atoms with E-state index in [1.807, 2.05) is 6.07 Å². The molecule has 0 unspecified atom stereocenters. The van der Waals surface area contributed by atoms with E-state index >= 15 is 0 Å². The summed E-state index contributed by atoms with van der Waals surface area (Å²) >= 11 is 0. The third-order valence-corrected chi connectivity index (χ3v) is 1.98. The Hall–Kier alpha value is -1.51. The Morgan fingerprint density at radius 3 is 2.54 bits per heavy atom. The SMILES string of the molecule is CC(C)c1ccc(O)c(C(=N)N)c1. The van der Waals surface area contributed by atoms with Crippen LogP contribution in [0.3, 0.4) is 0 Å². The van der Waals surface area contributed by atoms with Crippen molar-refractivity contribution >= 4 is 5.84 Å². The Balaban J connectivity index is 3.19. The molecule has 0 radical (unpaired) electrons. The molecule has 0 saturated heterocycles. The Kier molecular flexibility index (Phi) is 2.56.